The maximum atomic E-state index is 10.4. The van der Waals surface area contributed by atoms with Gasteiger partial charge >= 0.3 is 0 Å². The van der Waals surface area contributed by atoms with Crippen LogP contribution in [0.5, 0.6) is 5.75 Å². The molecule has 188 valence electrons. The van der Waals surface area contributed by atoms with Crippen molar-refractivity contribution >= 4 is 5.76 Å². The largest absolute Gasteiger partial charge is 0.496 e. The number of nitriles is 1. The molecule has 3 aliphatic carbocycles. The second-order valence-electron chi connectivity index (χ2n) is 10.3. The molecule has 4 aliphatic rings. The average molecular weight is 482 g/mol. The Kier molecular flexibility index (Phi) is 6.91. The lowest BCUT2D eigenvalue weighted by molar-refractivity contribution is -0.268. The van der Waals surface area contributed by atoms with Crippen molar-refractivity contribution in [2.75, 3.05) is 7.11 Å². The van der Waals surface area contributed by atoms with Crippen LogP contribution >= 0.6 is 0 Å². The molecule has 7 nitrogen and oxygen atoms in total. The van der Waals surface area contributed by atoms with Crippen LogP contribution in [-0.4, -0.2) is 53.1 Å². The summed E-state index contributed by atoms with van der Waals surface area (Å²) >= 11 is 0. The quantitative estimate of drug-likeness (QED) is 0.443. The molecule has 7 heteroatoms. The number of rotatable bonds is 4. The standard InChI is InChI=1S/C28H35NO6/c1-15-24(30)25(31)26(32)28(34-15)35-22-13-18(10-11-19(22)14-29)27(33-2)23-17-7-5-9-21(23)20-8-4-3-6-16(20)12-17/h10-11,13,15,17,21,24-26,28,30-32H,3-9,12H2,1-2H3/t15?,17?,21?,24-,25-,26?,28-/m0/s1. The van der Waals surface area contributed by atoms with Crippen LogP contribution in [0.4, 0.5) is 0 Å². The highest BCUT2D eigenvalue weighted by Gasteiger charge is 2.43. The lowest BCUT2D eigenvalue weighted by Crippen LogP contribution is -2.58. The molecule has 2 fully saturated rings. The van der Waals surface area contributed by atoms with Crippen LogP contribution in [0.3, 0.4) is 0 Å². The van der Waals surface area contributed by atoms with Gasteiger partial charge in [0.15, 0.2) is 0 Å². The Morgan fingerprint density at radius 1 is 1.06 bits per heavy atom. The van der Waals surface area contributed by atoms with Crippen molar-refractivity contribution in [2.45, 2.75) is 89.0 Å². The van der Waals surface area contributed by atoms with Crippen molar-refractivity contribution < 1.29 is 29.5 Å². The van der Waals surface area contributed by atoms with E-state index in [4.69, 9.17) is 14.2 Å². The first-order valence-electron chi connectivity index (χ1n) is 12.8. The van der Waals surface area contributed by atoms with E-state index in [-0.39, 0.29) is 5.75 Å². The highest BCUT2D eigenvalue weighted by Crippen LogP contribution is 2.53. The van der Waals surface area contributed by atoms with E-state index >= 15 is 0 Å². The second-order valence-corrected chi connectivity index (χ2v) is 10.3. The van der Waals surface area contributed by atoms with Crippen LogP contribution in [0, 0.1) is 23.2 Å². The molecule has 1 saturated heterocycles. The number of methoxy groups -OCH3 is 1. The van der Waals surface area contributed by atoms with E-state index in [0.717, 1.165) is 30.6 Å². The van der Waals surface area contributed by atoms with Crippen LogP contribution in [-0.2, 0) is 9.47 Å². The number of aliphatic hydroxyl groups is 3. The maximum Gasteiger partial charge on any atom is 0.229 e. The van der Waals surface area contributed by atoms with Gasteiger partial charge in [0.2, 0.25) is 6.29 Å². The summed E-state index contributed by atoms with van der Waals surface area (Å²) in [6, 6.07) is 7.48. The molecule has 1 heterocycles. The number of benzene rings is 1. The van der Waals surface area contributed by atoms with Crippen LogP contribution < -0.4 is 4.74 Å². The van der Waals surface area contributed by atoms with E-state index in [2.05, 4.69) is 6.07 Å². The van der Waals surface area contributed by atoms with Gasteiger partial charge in [-0.05, 0) is 81.6 Å². The van der Waals surface area contributed by atoms with Gasteiger partial charge in [-0.1, -0.05) is 17.6 Å². The van der Waals surface area contributed by atoms with E-state index in [1.807, 2.05) is 6.07 Å². The number of nitrogens with zero attached hydrogens (tertiary/aromatic N) is 1. The summed E-state index contributed by atoms with van der Waals surface area (Å²) in [6.07, 6.45) is 3.60. The third-order valence-electron chi connectivity index (χ3n) is 8.28. The highest BCUT2D eigenvalue weighted by atomic mass is 16.7. The number of aliphatic hydroxyl groups excluding tert-OH is 3. The SMILES string of the molecule is COC(=C1C2CCCC1C1=C(CCCC1)C2)c1ccc(C#N)c(O[C@@H]2OC(C)[C@H](O)[C@H](O)C2O)c1. The third kappa shape index (κ3) is 4.38. The summed E-state index contributed by atoms with van der Waals surface area (Å²) in [7, 11) is 1.70. The molecule has 35 heavy (non-hydrogen) atoms. The van der Waals surface area contributed by atoms with E-state index in [1.54, 1.807) is 37.3 Å². The molecule has 0 radical (unpaired) electrons. The molecule has 1 aromatic carbocycles. The predicted molar refractivity (Wildman–Crippen MR) is 129 cm³/mol. The smallest absolute Gasteiger partial charge is 0.229 e. The predicted octanol–water partition coefficient (Wildman–Crippen LogP) is 3.81. The molecule has 7 atom stereocenters. The number of fused-ring (bicyclic) bond motifs is 3. The molecule has 2 bridgehead atoms. The Hall–Kier alpha value is -2.37. The molecular weight excluding hydrogens is 446 g/mol. The monoisotopic (exact) mass is 481 g/mol. The van der Waals surface area contributed by atoms with E-state index in [0.29, 0.717) is 17.4 Å². The fourth-order valence-electron chi connectivity index (χ4n) is 6.52. The fraction of sp³-hybridized carbons (Fsp3) is 0.607. The van der Waals surface area contributed by atoms with Crippen LogP contribution in [0.25, 0.3) is 5.76 Å². The minimum absolute atomic E-state index is 0.249. The summed E-state index contributed by atoms with van der Waals surface area (Å²) in [4.78, 5) is 0. The van der Waals surface area contributed by atoms with Crippen LogP contribution in [0.2, 0.25) is 0 Å². The number of hydrogen-bond donors (Lipinski definition) is 3. The second kappa shape index (κ2) is 9.94. The van der Waals surface area contributed by atoms with E-state index < -0.39 is 30.7 Å². The fourth-order valence-corrected chi connectivity index (χ4v) is 6.52. The summed E-state index contributed by atoms with van der Waals surface area (Å²) < 4.78 is 17.6. The summed E-state index contributed by atoms with van der Waals surface area (Å²) in [6.45, 7) is 1.60. The zero-order chi connectivity index (χ0) is 24.7. The maximum absolute atomic E-state index is 10.4. The van der Waals surface area contributed by atoms with Crippen molar-refractivity contribution in [3.63, 3.8) is 0 Å². The van der Waals surface area contributed by atoms with E-state index in [9.17, 15) is 20.6 Å². The molecule has 0 spiro atoms. The van der Waals surface area contributed by atoms with Gasteiger partial charge in [-0.25, -0.2) is 0 Å². The zero-order valence-electron chi connectivity index (χ0n) is 20.4. The molecule has 1 aromatic rings. The van der Waals surface area contributed by atoms with Gasteiger partial charge < -0.3 is 29.5 Å². The number of ether oxygens (including phenoxy) is 3. The first-order chi connectivity index (χ1) is 16.9. The highest BCUT2D eigenvalue weighted by molar-refractivity contribution is 5.68. The Balaban J connectivity index is 1.51. The van der Waals surface area contributed by atoms with E-state index in [1.165, 1.54) is 37.7 Å². The molecule has 1 saturated carbocycles. The number of hydrogen-bond acceptors (Lipinski definition) is 7. The van der Waals surface area contributed by atoms with Gasteiger partial charge in [-0.3, -0.25) is 0 Å². The minimum atomic E-state index is -1.45. The van der Waals surface area contributed by atoms with Crippen molar-refractivity contribution in [1.29, 1.82) is 5.26 Å². The first-order valence-corrected chi connectivity index (χ1v) is 12.8. The van der Waals surface area contributed by atoms with Gasteiger partial charge in [-0.2, -0.15) is 5.26 Å². The Morgan fingerprint density at radius 3 is 2.63 bits per heavy atom. The van der Waals surface area contributed by atoms with Crippen LogP contribution in [0.1, 0.15) is 69.4 Å². The Morgan fingerprint density at radius 2 is 1.86 bits per heavy atom. The average Bonchev–Trinajstić information content (AvgIpc) is 2.87. The topological polar surface area (TPSA) is 112 Å². The molecule has 1 aliphatic heterocycles. The minimum Gasteiger partial charge on any atom is -0.496 e. The molecule has 5 rings (SSSR count). The van der Waals surface area contributed by atoms with Crippen molar-refractivity contribution in [2.24, 2.45) is 11.8 Å². The summed E-state index contributed by atoms with van der Waals surface area (Å²) in [5, 5.41) is 40.3. The normalized spacial score (nSPS) is 36.2. The third-order valence-corrected chi connectivity index (χ3v) is 8.28. The van der Waals surface area contributed by atoms with Crippen molar-refractivity contribution in [1.82, 2.24) is 0 Å². The van der Waals surface area contributed by atoms with Crippen LogP contribution in [0.15, 0.2) is 34.9 Å². The molecule has 4 unspecified atom stereocenters. The first kappa shape index (κ1) is 24.3. The van der Waals surface area contributed by atoms with Crippen molar-refractivity contribution in [3.05, 3.63) is 46.0 Å². The Labute approximate surface area is 206 Å². The molecule has 3 N–H and O–H groups in total. The lowest BCUT2D eigenvalue weighted by Gasteiger charge is -2.43. The van der Waals surface area contributed by atoms with Gasteiger partial charge in [0.05, 0.1) is 18.8 Å². The van der Waals surface area contributed by atoms with Gasteiger partial charge in [0.1, 0.15) is 35.9 Å². The lowest BCUT2D eigenvalue weighted by atomic mass is 9.62. The molecule has 0 aromatic heterocycles. The number of allylic oxidation sites excluding steroid dienone is 3. The molecular formula is C28H35NO6. The van der Waals surface area contributed by atoms with Gasteiger partial charge in [0.25, 0.3) is 0 Å². The zero-order valence-corrected chi connectivity index (χ0v) is 20.4. The van der Waals surface area contributed by atoms with Gasteiger partial charge in [-0.15, -0.1) is 0 Å². The Bertz CT molecular complexity index is 1070. The summed E-state index contributed by atoms with van der Waals surface area (Å²) in [5.74, 6) is 1.99. The van der Waals surface area contributed by atoms with Gasteiger partial charge in [0, 0.05) is 11.5 Å². The summed E-state index contributed by atoms with van der Waals surface area (Å²) in [5.41, 5.74) is 5.79. The van der Waals surface area contributed by atoms with Crippen molar-refractivity contribution in [3.8, 4) is 11.8 Å². The molecule has 0 amide bonds.